The first-order chi connectivity index (χ1) is 11.5. The van der Waals surface area contributed by atoms with Gasteiger partial charge in [-0.3, -0.25) is 0 Å². The Morgan fingerprint density at radius 3 is 1.92 bits per heavy atom. The second-order valence-electron chi connectivity index (χ2n) is 6.56. The molecule has 0 aromatic rings. The van der Waals surface area contributed by atoms with Crippen molar-refractivity contribution in [3.63, 3.8) is 0 Å². The van der Waals surface area contributed by atoms with Crippen molar-refractivity contribution < 1.29 is 0 Å². The molecule has 0 aliphatic heterocycles. The van der Waals surface area contributed by atoms with Crippen LogP contribution in [0.5, 0.6) is 0 Å². The van der Waals surface area contributed by atoms with E-state index in [2.05, 4.69) is 65.7 Å². The molecule has 0 radical (unpaired) electrons. The molecule has 1 saturated carbocycles. The van der Waals surface area contributed by atoms with E-state index in [0.29, 0.717) is 0 Å². The summed E-state index contributed by atoms with van der Waals surface area (Å²) < 4.78 is 0. The molecule has 0 aromatic carbocycles. The first-order valence-electron chi connectivity index (χ1n) is 9.95. The number of hydrogen-bond acceptors (Lipinski definition) is 0. The van der Waals surface area contributed by atoms with Crippen LogP contribution in [-0.4, -0.2) is 0 Å². The van der Waals surface area contributed by atoms with Crippen molar-refractivity contribution in [3.8, 4) is 0 Å². The summed E-state index contributed by atoms with van der Waals surface area (Å²) in [6.07, 6.45) is 16.4. The van der Waals surface area contributed by atoms with Gasteiger partial charge in [-0.2, -0.15) is 0 Å². The van der Waals surface area contributed by atoms with Gasteiger partial charge in [-0.05, 0) is 44.9 Å². The molecule has 0 N–H and O–H groups in total. The highest BCUT2D eigenvalue weighted by atomic mass is 14.2. The lowest BCUT2D eigenvalue weighted by Gasteiger charge is -2.09. The molecule has 0 unspecified atom stereocenters. The predicted octanol–water partition coefficient (Wildman–Crippen LogP) is 8.92. The number of allylic oxidation sites excluding steroid dienone is 5. The molecule has 0 atom stereocenters. The molecule has 0 aromatic heterocycles. The molecule has 1 fully saturated rings. The fraction of sp³-hybridized carbons (Fsp3) is 0.667. The van der Waals surface area contributed by atoms with Gasteiger partial charge in [0.15, 0.2) is 0 Å². The van der Waals surface area contributed by atoms with Gasteiger partial charge < -0.3 is 0 Å². The number of hydrogen-bond donors (Lipinski definition) is 0. The summed E-state index contributed by atoms with van der Waals surface area (Å²) in [4.78, 5) is 0. The monoisotopic (exact) mass is 334 g/mol. The van der Waals surface area contributed by atoms with Crippen molar-refractivity contribution in [1.82, 2.24) is 0 Å². The fourth-order valence-electron chi connectivity index (χ4n) is 2.32. The van der Waals surface area contributed by atoms with E-state index >= 15 is 0 Å². The van der Waals surface area contributed by atoms with Crippen molar-refractivity contribution in [2.45, 2.75) is 93.4 Å². The summed E-state index contributed by atoms with van der Waals surface area (Å²) in [7, 11) is 0. The second-order valence-corrected chi connectivity index (χ2v) is 6.56. The van der Waals surface area contributed by atoms with Crippen LogP contribution >= 0.6 is 0 Å². The van der Waals surface area contributed by atoms with Gasteiger partial charge in [-0.15, -0.1) is 19.7 Å². The van der Waals surface area contributed by atoms with Crippen molar-refractivity contribution in [3.05, 3.63) is 49.1 Å². The van der Waals surface area contributed by atoms with Crippen molar-refractivity contribution in [1.29, 1.82) is 0 Å². The molecule has 0 amide bonds. The molecule has 0 spiro atoms. The van der Waals surface area contributed by atoms with E-state index in [1.165, 1.54) is 44.1 Å². The van der Waals surface area contributed by atoms with Crippen LogP contribution in [-0.2, 0) is 0 Å². The first kappa shape index (κ1) is 27.8. The molecule has 0 saturated heterocycles. The molecule has 0 heterocycles. The van der Waals surface area contributed by atoms with Crippen molar-refractivity contribution in [2.75, 3.05) is 0 Å². The third-order valence-corrected chi connectivity index (χ3v) is 3.91. The zero-order valence-electron chi connectivity index (χ0n) is 18.0. The molecule has 1 aliphatic carbocycles. The highest BCUT2D eigenvalue weighted by molar-refractivity contribution is 5.18. The summed E-state index contributed by atoms with van der Waals surface area (Å²) in [5, 5.41) is 0. The van der Waals surface area contributed by atoms with Crippen LogP contribution in [0.2, 0.25) is 0 Å². The molecular formula is C24H46. The molecule has 142 valence electrons. The molecule has 0 bridgehead atoms. The van der Waals surface area contributed by atoms with Crippen LogP contribution < -0.4 is 0 Å². The van der Waals surface area contributed by atoms with E-state index in [-0.39, 0.29) is 0 Å². The minimum atomic E-state index is 0.783. The Balaban J connectivity index is -0.000000413. The van der Waals surface area contributed by atoms with E-state index in [9.17, 15) is 0 Å². The Morgan fingerprint density at radius 1 is 1.12 bits per heavy atom. The molecule has 1 rings (SSSR count). The number of rotatable bonds is 6. The third kappa shape index (κ3) is 21.0. The Bertz CT molecular complexity index is 311. The van der Waals surface area contributed by atoms with Gasteiger partial charge in [0.1, 0.15) is 0 Å². The van der Waals surface area contributed by atoms with E-state index in [1.54, 1.807) is 5.57 Å². The predicted molar refractivity (Wildman–Crippen MR) is 117 cm³/mol. The van der Waals surface area contributed by atoms with E-state index in [4.69, 9.17) is 0 Å². The van der Waals surface area contributed by atoms with Gasteiger partial charge in [-0.1, -0.05) is 89.7 Å². The minimum Gasteiger partial charge on any atom is -0.106 e. The van der Waals surface area contributed by atoms with Crippen LogP contribution in [0, 0.1) is 11.8 Å². The minimum absolute atomic E-state index is 0.783. The molecule has 1 aliphatic rings. The van der Waals surface area contributed by atoms with Crippen LogP contribution in [0.4, 0.5) is 0 Å². The van der Waals surface area contributed by atoms with E-state index < -0.39 is 0 Å². The maximum absolute atomic E-state index is 3.67. The van der Waals surface area contributed by atoms with Gasteiger partial charge in [0.2, 0.25) is 0 Å². The Kier molecular flexibility index (Phi) is 25.4. The Labute approximate surface area is 154 Å². The maximum Gasteiger partial charge on any atom is -0.0254 e. The normalized spacial score (nSPS) is 14.2. The Morgan fingerprint density at radius 2 is 1.58 bits per heavy atom. The summed E-state index contributed by atoms with van der Waals surface area (Å²) in [5.41, 5.74) is 2.80. The summed E-state index contributed by atoms with van der Waals surface area (Å²) in [6, 6.07) is 0. The van der Waals surface area contributed by atoms with E-state index in [1.807, 2.05) is 20.8 Å². The Hall–Kier alpha value is -1.04. The highest BCUT2D eigenvalue weighted by Crippen LogP contribution is 2.30. The molecular weight excluding hydrogens is 288 g/mol. The summed E-state index contributed by atoms with van der Waals surface area (Å²) >= 11 is 0. The molecule has 0 heteroatoms. The largest absolute Gasteiger partial charge is 0.106 e. The van der Waals surface area contributed by atoms with Gasteiger partial charge in [0.05, 0.1) is 0 Å². The average Bonchev–Trinajstić information content (AvgIpc) is 3.11. The molecule has 0 nitrogen and oxygen atoms in total. The first-order valence-corrected chi connectivity index (χ1v) is 9.95. The average molecular weight is 335 g/mol. The highest BCUT2D eigenvalue weighted by Gasteiger charge is 2.15. The van der Waals surface area contributed by atoms with Gasteiger partial charge in [0.25, 0.3) is 0 Å². The SMILES string of the molecule is C/C=C(\C=C/CC(C)C)CC1CCCC1.C=C.C=C(C)CC.CC. The standard InChI is InChI=1S/C15H26.C5H10.C2H6.C2H4/c1-4-14(11-7-8-13(2)3)12-15-9-5-6-10-15;1-4-5(2)3;2*1-2/h4,7,11,13,15H,5-6,8-10,12H2,1-3H3;2,4H2,1,3H3;1-2H3;1-2H2/b11-7-,14-4+;;;. The van der Waals surface area contributed by atoms with Gasteiger partial charge in [-0.25, -0.2) is 0 Å². The van der Waals surface area contributed by atoms with Crippen LogP contribution in [0.1, 0.15) is 93.4 Å². The molecule has 24 heavy (non-hydrogen) atoms. The van der Waals surface area contributed by atoms with E-state index in [0.717, 1.165) is 18.3 Å². The maximum atomic E-state index is 3.67. The second kappa shape index (κ2) is 22.0. The lowest BCUT2D eigenvalue weighted by Crippen LogP contribution is -1.94. The van der Waals surface area contributed by atoms with Crippen molar-refractivity contribution >= 4 is 0 Å². The van der Waals surface area contributed by atoms with Crippen LogP contribution in [0.3, 0.4) is 0 Å². The summed E-state index contributed by atoms with van der Waals surface area (Å²) in [5.74, 6) is 1.76. The smallest absolute Gasteiger partial charge is 0.0254 e. The topological polar surface area (TPSA) is 0 Å². The van der Waals surface area contributed by atoms with Gasteiger partial charge in [0, 0.05) is 0 Å². The fourth-order valence-corrected chi connectivity index (χ4v) is 2.32. The van der Waals surface area contributed by atoms with Crippen LogP contribution in [0.25, 0.3) is 0 Å². The van der Waals surface area contributed by atoms with Crippen molar-refractivity contribution in [2.24, 2.45) is 11.8 Å². The quantitative estimate of drug-likeness (QED) is 0.336. The summed E-state index contributed by atoms with van der Waals surface area (Å²) in [6.45, 7) is 24.5. The zero-order valence-corrected chi connectivity index (χ0v) is 18.0. The lowest BCUT2D eigenvalue weighted by atomic mass is 9.97. The lowest BCUT2D eigenvalue weighted by molar-refractivity contribution is 0.548. The third-order valence-electron chi connectivity index (χ3n) is 3.91. The van der Waals surface area contributed by atoms with Crippen LogP contribution in [0.15, 0.2) is 49.1 Å². The van der Waals surface area contributed by atoms with Gasteiger partial charge >= 0.3 is 0 Å². The zero-order chi connectivity index (χ0) is 19.4.